The van der Waals surface area contributed by atoms with E-state index in [4.69, 9.17) is 11.6 Å². The molecule has 2 aliphatic rings. The summed E-state index contributed by atoms with van der Waals surface area (Å²) >= 11 is 6.07. The summed E-state index contributed by atoms with van der Waals surface area (Å²) in [5.74, 6) is -0.000602. The van der Waals surface area contributed by atoms with E-state index in [0.29, 0.717) is 29.7 Å². The molecular weight excluding hydrogens is 296 g/mol. The van der Waals surface area contributed by atoms with Gasteiger partial charge in [0.15, 0.2) is 0 Å². The van der Waals surface area contributed by atoms with E-state index in [0.717, 1.165) is 19.5 Å². The topological polar surface area (TPSA) is 40.6 Å². The second-order valence-corrected chi connectivity index (χ2v) is 7.91. The molecule has 0 amide bonds. The third kappa shape index (κ3) is 2.86. The van der Waals surface area contributed by atoms with Gasteiger partial charge in [0.1, 0.15) is 0 Å². The molecule has 1 unspecified atom stereocenters. The summed E-state index contributed by atoms with van der Waals surface area (Å²) in [7, 11) is -3.28. The first kappa shape index (κ1) is 14.3. The molecule has 0 spiro atoms. The van der Waals surface area contributed by atoms with Crippen LogP contribution in [0.3, 0.4) is 0 Å². The molecule has 0 bridgehead atoms. The fourth-order valence-corrected chi connectivity index (χ4v) is 4.99. The van der Waals surface area contributed by atoms with Crippen molar-refractivity contribution in [3.63, 3.8) is 0 Å². The van der Waals surface area contributed by atoms with E-state index in [2.05, 4.69) is 4.90 Å². The average molecular weight is 315 g/mol. The van der Waals surface area contributed by atoms with E-state index in [1.54, 1.807) is 16.4 Å². The zero-order valence-electron chi connectivity index (χ0n) is 11.3. The van der Waals surface area contributed by atoms with Crippen LogP contribution in [0.4, 0.5) is 0 Å². The van der Waals surface area contributed by atoms with Crippen LogP contribution in [0.5, 0.6) is 0 Å². The summed E-state index contributed by atoms with van der Waals surface area (Å²) < 4.78 is 26.7. The highest BCUT2D eigenvalue weighted by molar-refractivity contribution is 7.88. The summed E-state index contributed by atoms with van der Waals surface area (Å²) in [4.78, 5) is 2.40. The van der Waals surface area contributed by atoms with Crippen LogP contribution >= 0.6 is 11.6 Å². The standard InChI is InChI=1S/C14H19ClN2O2S/c15-14-6-2-1-4-12(14)11-20(18,19)17-9-8-16-7-3-5-13(16)10-17/h1-2,4,6,13H,3,5,7-11H2. The maximum absolute atomic E-state index is 12.5. The predicted molar refractivity (Wildman–Crippen MR) is 80.2 cm³/mol. The van der Waals surface area contributed by atoms with Gasteiger partial charge in [0.05, 0.1) is 5.75 Å². The molecule has 2 heterocycles. The quantitative estimate of drug-likeness (QED) is 0.856. The molecule has 20 heavy (non-hydrogen) atoms. The Morgan fingerprint density at radius 3 is 2.80 bits per heavy atom. The fourth-order valence-electron chi connectivity index (χ4n) is 3.12. The number of hydrogen-bond acceptors (Lipinski definition) is 3. The molecule has 2 aliphatic heterocycles. The Morgan fingerprint density at radius 2 is 2.00 bits per heavy atom. The molecule has 0 N–H and O–H groups in total. The number of rotatable bonds is 3. The van der Waals surface area contributed by atoms with Crippen molar-refractivity contribution in [1.82, 2.24) is 9.21 Å². The lowest BCUT2D eigenvalue weighted by atomic mass is 10.2. The SMILES string of the molecule is O=S(=O)(Cc1ccccc1Cl)N1CCN2CCCC2C1. The molecule has 0 aliphatic carbocycles. The number of piperazine rings is 1. The minimum absolute atomic E-state index is 0.000602. The first-order chi connectivity index (χ1) is 9.56. The van der Waals surface area contributed by atoms with Crippen LogP contribution in [-0.4, -0.2) is 49.8 Å². The fraction of sp³-hybridized carbons (Fsp3) is 0.571. The van der Waals surface area contributed by atoms with Crippen molar-refractivity contribution in [2.24, 2.45) is 0 Å². The van der Waals surface area contributed by atoms with Gasteiger partial charge in [0.25, 0.3) is 0 Å². The van der Waals surface area contributed by atoms with Crippen molar-refractivity contribution >= 4 is 21.6 Å². The first-order valence-corrected chi connectivity index (χ1v) is 9.00. The Bertz CT molecular complexity index is 591. The van der Waals surface area contributed by atoms with E-state index in [-0.39, 0.29) is 5.75 Å². The van der Waals surface area contributed by atoms with Crippen molar-refractivity contribution in [1.29, 1.82) is 0 Å². The molecule has 6 heteroatoms. The predicted octanol–water partition coefficient (Wildman–Crippen LogP) is 1.95. The van der Waals surface area contributed by atoms with Gasteiger partial charge in [-0.1, -0.05) is 29.8 Å². The molecule has 1 aromatic carbocycles. The van der Waals surface area contributed by atoms with Crippen molar-refractivity contribution in [3.8, 4) is 0 Å². The van der Waals surface area contributed by atoms with Gasteiger partial charge in [-0.25, -0.2) is 8.42 Å². The van der Waals surface area contributed by atoms with E-state index in [1.807, 2.05) is 12.1 Å². The van der Waals surface area contributed by atoms with Crippen molar-refractivity contribution in [2.45, 2.75) is 24.6 Å². The Hall–Kier alpha value is -0.620. The maximum atomic E-state index is 12.5. The van der Waals surface area contributed by atoms with Crippen LogP contribution in [0.25, 0.3) is 0 Å². The number of halogens is 1. The van der Waals surface area contributed by atoms with Crippen LogP contribution in [0, 0.1) is 0 Å². The Kier molecular flexibility index (Phi) is 4.04. The Labute approximate surface area is 125 Å². The van der Waals surface area contributed by atoms with E-state index in [9.17, 15) is 8.42 Å². The second-order valence-electron chi connectivity index (χ2n) is 5.54. The van der Waals surface area contributed by atoms with Crippen LogP contribution in [0.2, 0.25) is 5.02 Å². The summed E-state index contributed by atoms with van der Waals surface area (Å²) in [6.45, 7) is 3.20. The molecule has 4 nitrogen and oxygen atoms in total. The zero-order chi connectivity index (χ0) is 14.2. The first-order valence-electron chi connectivity index (χ1n) is 7.01. The molecule has 0 radical (unpaired) electrons. The third-order valence-electron chi connectivity index (χ3n) is 4.24. The number of hydrogen-bond donors (Lipinski definition) is 0. The smallest absolute Gasteiger partial charge is 0.218 e. The number of sulfonamides is 1. The van der Waals surface area contributed by atoms with Crippen LogP contribution < -0.4 is 0 Å². The Morgan fingerprint density at radius 1 is 1.20 bits per heavy atom. The van der Waals surface area contributed by atoms with Crippen molar-refractivity contribution in [3.05, 3.63) is 34.9 Å². The number of fused-ring (bicyclic) bond motifs is 1. The summed E-state index contributed by atoms with van der Waals surface area (Å²) in [6, 6.07) is 7.57. The Balaban J connectivity index is 1.74. The largest absolute Gasteiger partial charge is 0.298 e. The van der Waals surface area contributed by atoms with Gasteiger partial charge in [0.2, 0.25) is 10.0 Å². The van der Waals surface area contributed by atoms with Gasteiger partial charge in [-0.05, 0) is 31.0 Å². The third-order valence-corrected chi connectivity index (χ3v) is 6.40. The van der Waals surface area contributed by atoms with Gasteiger partial charge >= 0.3 is 0 Å². The van der Waals surface area contributed by atoms with Crippen LogP contribution in [-0.2, 0) is 15.8 Å². The summed E-state index contributed by atoms with van der Waals surface area (Å²) in [6.07, 6.45) is 2.29. The molecule has 0 aromatic heterocycles. The molecule has 1 aromatic rings. The highest BCUT2D eigenvalue weighted by Gasteiger charge is 2.35. The van der Waals surface area contributed by atoms with Crippen molar-refractivity contribution in [2.75, 3.05) is 26.2 Å². The monoisotopic (exact) mass is 314 g/mol. The average Bonchev–Trinajstić information content (AvgIpc) is 2.88. The van der Waals surface area contributed by atoms with Gasteiger partial charge in [-0.15, -0.1) is 0 Å². The molecule has 2 fully saturated rings. The summed E-state index contributed by atoms with van der Waals surface area (Å²) in [5.41, 5.74) is 0.683. The van der Waals surface area contributed by atoms with Gasteiger partial charge in [0, 0.05) is 30.7 Å². The number of nitrogens with zero attached hydrogens (tertiary/aromatic N) is 2. The maximum Gasteiger partial charge on any atom is 0.218 e. The zero-order valence-corrected chi connectivity index (χ0v) is 12.9. The molecule has 0 saturated carbocycles. The van der Waals surface area contributed by atoms with E-state index in [1.165, 1.54) is 6.42 Å². The summed E-state index contributed by atoms with van der Waals surface area (Å²) in [5, 5.41) is 0.524. The highest BCUT2D eigenvalue weighted by atomic mass is 35.5. The van der Waals surface area contributed by atoms with E-state index < -0.39 is 10.0 Å². The molecular formula is C14H19ClN2O2S. The normalized spacial score (nSPS) is 24.8. The minimum Gasteiger partial charge on any atom is -0.298 e. The lowest BCUT2D eigenvalue weighted by Gasteiger charge is -2.36. The lowest BCUT2D eigenvalue weighted by Crippen LogP contribution is -2.52. The van der Waals surface area contributed by atoms with E-state index >= 15 is 0 Å². The van der Waals surface area contributed by atoms with Gasteiger partial charge in [-0.2, -0.15) is 4.31 Å². The highest BCUT2D eigenvalue weighted by Crippen LogP contribution is 2.25. The van der Waals surface area contributed by atoms with Gasteiger partial charge in [-0.3, -0.25) is 4.90 Å². The number of benzene rings is 1. The molecule has 1 atom stereocenters. The molecule has 110 valence electrons. The molecule has 2 saturated heterocycles. The second kappa shape index (κ2) is 5.64. The van der Waals surface area contributed by atoms with Gasteiger partial charge < -0.3 is 0 Å². The van der Waals surface area contributed by atoms with Crippen molar-refractivity contribution < 1.29 is 8.42 Å². The van der Waals surface area contributed by atoms with Crippen LogP contribution in [0.1, 0.15) is 18.4 Å². The lowest BCUT2D eigenvalue weighted by molar-refractivity contribution is 0.158. The molecule has 3 rings (SSSR count). The minimum atomic E-state index is -3.28. The van der Waals surface area contributed by atoms with Crippen LogP contribution in [0.15, 0.2) is 24.3 Å².